The number of aromatic amines is 1. The van der Waals surface area contributed by atoms with Gasteiger partial charge in [-0.2, -0.15) is 5.10 Å². The number of phenols is 1. The topological polar surface area (TPSA) is 63.1 Å². The van der Waals surface area contributed by atoms with Crippen LogP contribution in [0, 0.1) is 4.77 Å². The molecule has 0 bridgehead atoms. The van der Waals surface area contributed by atoms with Gasteiger partial charge >= 0.3 is 0 Å². The van der Waals surface area contributed by atoms with Gasteiger partial charge in [-0.15, -0.1) is 0 Å². The van der Waals surface area contributed by atoms with Gasteiger partial charge in [0.1, 0.15) is 11.5 Å². The van der Waals surface area contributed by atoms with Crippen molar-refractivity contribution in [1.29, 1.82) is 0 Å². The SMILES string of the molecule is COc1ccccc1-n1c(-c2ccccc2O)n[nH]c1=S. The highest BCUT2D eigenvalue weighted by Crippen LogP contribution is 2.31. The standard InChI is InChI=1S/C15H13N3O2S/c1-20-13-9-5-3-7-11(13)18-14(16-17-15(18)21)10-6-2-4-8-12(10)19/h2-9,19H,1H3,(H,17,21). The molecule has 0 atom stereocenters. The molecule has 21 heavy (non-hydrogen) atoms. The van der Waals surface area contributed by atoms with Gasteiger partial charge in [0, 0.05) is 0 Å². The molecule has 106 valence electrons. The van der Waals surface area contributed by atoms with Crippen LogP contribution < -0.4 is 4.74 Å². The summed E-state index contributed by atoms with van der Waals surface area (Å²) in [5.41, 5.74) is 1.35. The van der Waals surface area contributed by atoms with Gasteiger partial charge in [0.05, 0.1) is 18.4 Å². The quantitative estimate of drug-likeness (QED) is 0.728. The van der Waals surface area contributed by atoms with E-state index < -0.39 is 0 Å². The van der Waals surface area contributed by atoms with Crippen LogP contribution in [-0.2, 0) is 0 Å². The maximum absolute atomic E-state index is 10.0. The predicted molar refractivity (Wildman–Crippen MR) is 82.4 cm³/mol. The first-order valence-corrected chi connectivity index (χ1v) is 6.72. The van der Waals surface area contributed by atoms with E-state index in [0.29, 0.717) is 21.9 Å². The van der Waals surface area contributed by atoms with Crippen LogP contribution in [0.4, 0.5) is 0 Å². The van der Waals surface area contributed by atoms with Crippen LogP contribution in [0.5, 0.6) is 11.5 Å². The Balaban J connectivity index is 2.28. The van der Waals surface area contributed by atoms with Crippen molar-refractivity contribution in [3.8, 4) is 28.6 Å². The van der Waals surface area contributed by atoms with Crippen LogP contribution in [0.15, 0.2) is 48.5 Å². The molecule has 0 fully saturated rings. The second-order valence-corrected chi connectivity index (χ2v) is 4.76. The zero-order chi connectivity index (χ0) is 14.8. The Bertz CT molecular complexity index is 839. The second-order valence-electron chi connectivity index (χ2n) is 4.38. The molecule has 1 aromatic heterocycles. The smallest absolute Gasteiger partial charge is 0.200 e. The minimum Gasteiger partial charge on any atom is -0.507 e. The van der Waals surface area contributed by atoms with E-state index in [2.05, 4.69) is 10.2 Å². The molecule has 6 heteroatoms. The third-order valence-electron chi connectivity index (χ3n) is 3.14. The number of aromatic hydroxyl groups is 1. The number of para-hydroxylation sites is 3. The normalized spacial score (nSPS) is 10.5. The second kappa shape index (κ2) is 5.41. The first kappa shape index (κ1) is 13.4. The summed E-state index contributed by atoms with van der Waals surface area (Å²) in [5.74, 6) is 1.34. The van der Waals surface area contributed by atoms with E-state index in [1.165, 1.54) is 0 Å². The molecule has 0 aliphatic heterocycles. The molecule has 0 saturated heterocycles. The van der Waals surface area contributed by atoms with Crippen molar-refractivity contribution < 1.29 is 9.84 Å². The molecule has 0 aliphatic rings. The summed E-state index contributed by atoms with van der Waals surface area (Å²) >= 11 is 5.31. The Labute approximate surface area is 126 Å². The van der Waals surface area contributed by atoms with Gasteiger partial charge in [0.15, 0.2) is 10.6 Å². The van der Waals surface area contributed by atoms with E-state index in [4.69, 9.17) is 17.0 Å². The number of rotatable bonds is 3. The molecule has 0 spiro atoms. The van der Waals surface area contributed by atoms with Crippen LogP contribution in [0.2, 0.25) is 0 Å². The molecule has 3 aromatic rings. The van der Waals surface area contributed by atoms with Crippen molar-refractivity contribution in [2.75, 3.05) is 7.11 Å². The van der Waals surface area contributed by atoms with Crippen LogP contribution in [0.25, 0.3) is 17.1 Å². The zero-order valence-corrected chi connectivity index (χ0v) is 12.1. The van der Waals surface area contributed by atoms with Gasteiger partial charge in [-0.3, -0.25) is 9.67 Å². The monoisotopic (exact) mass is 299 g/mol. The number of phenolic OH excluding ortho intramolecular Hbond substituents is 1. The Kier molecular flexibility index (Phi) is 3.45. The lowest BCUT2D eigenvalue weighted by atomic mass is 10.2. The van der Waals surface area contributed by atoms with Crippen molar-refractivity contribution in [2.24, 2.45) is 0 Å². The molecule has 0 saturated carbocycles. The predicted octanol–water partition coefficient (Wildman–Crippen LogP) is 3.31. The summed E-state index contributed by atoms with van der Waals surface area (Å²) in [4.78, 5) is 0. The summed E-state index contributed by atoms with van der Waals surface area (Å²) in [7, 11) is 1.60. The number of H-pyrrole nitrogens is 1. The fourth-order valence-corrected chi connectivity index (χ4v) is 2.41. The van der Waals surface area contributed by atoms with E-state index in [1.807, 2.05) is 30.3 Å². The van der Waals surface area contributed by atoms with E-state index >= 15 is 0 Å². The van der Waals surface area contributed by atoms with Gasteiger partial charge < -0.3 is 9.84 Å². The highest BCUT2D eigenvalue weighted by atomic mass is 32.1. The zero-order valence-electron chi connectivity index (χ0n) is 11.3. The molecule has 0 radical (unpaired) electrons. The van der Waals surface area contributed by atoms with Crippen molar-refractivity contribution in [1.82, 2.24) is 14.8 Å². The Hall–Kier alpha value is -2.60. The van der Waals surface area contributed by atoms with Crippen LogP contribution in [0.1, 0.15) is 0 Å². The Morgan fingerprint density at radius 1 is 1.14 bits per heavy atom. The molecular formula is C15H13N3O2S. The minimum atomic E-state index is 0.141. The summed E-state index contributed by atoms with van der Waals surface area (Å²) in [6.45, 7) is 0. The van der Waals surface area contributed by atoms with Gasteiger partial charge in [0.25, 0.3) is 0 Å². The van der Waals surface area contributed by atoms with Gasteiger partial charge in [-0.25, -0.2) is 0 Å². The van der Waals surface area contributed by atoms with Gasteiger partial charge in [-0.05, 0) is 36.5 Å². The third kappa shape index (κ3) is 2.30. The Morgan fingerprint density at radius 2 is 1.86 bits per heavy atom. The van der Waals surface area contributed by atoms with Gasteiger partial charge in [-0.1, -0.05) is 24.3 Å². The lowest BCUT2D eigenvalue weighted by molar-refractivity contribution is 0.413. The van der Waals surface area contributed by atoms with Crippen molar-refractivity contribution >= 4 is 12.2 Å². The maximum atomic E-state index is 10.0. The lowest BCUT2D eigenvalue weighted by Crippen LogP contribution is -2.00. The fourth-order valence-electron chi connectivity index (χ4n) is 2.18. The van der Waals surface area contributed by atoms with E-state index in [1.54, 1.807) is 29.9 Å². The molecule has 5 nitrogen and oxygen atoms in total. The van der Waals surface area contributed by atoms with Gasteiger partial charge in [0.2, 0.25) is 0 Å². The molecule has 2 N–H and O–H groups in total. The molecule has 0 aliphatic carbocycles. The highest BCUT2D eigenvalue weighted by molar-refractivity contribution is 7.71. The lowest BCUT2D eigenvalue weighted by Gasteiger charge is -2.11. The molecular weight excluding hydrogens is 286 g/mol. The first-order valence-electron chi connectivity index (χ1n) is 6.31. The number of methoxy groups -OCH3 is 1. The number of hydrogen-bond acceptors (Lipinski definition) is 4. The molecule has 1 heterocycles. The molecule has 2 aromatic carbocycles. The molecule has 0 unspecified atom stereocenters. The van der Waals surface area contributed by atoms with E-state index in [9.17, 15) is 5.11 Å². The summed E-state index contributed by atoms with van der Waals surface area (Å²) in [6.07, 6.45) is 0. The van der Waals surface area contributed by atoms with E-state index in [-0.39, 0.29) is 5.75 Å². The van der Waals surface area contributed by atoms with Crippen LogP contribution >= 0.6 is 12.2 Å². The number of benzene rings is 2. The Morgan fingerprint density at radius 3 is 2.62 bits per heavy atom. The largest absolute Gasteiger partial charge is 0.507 e. The third-order valence-corrected chi connectivity index (χ3v) is 3.42. The highest BCUT2D eigenvalue weighted by Gasteiger charge is 2.16. The molecule has 3 rings (SSSR count). The van der Waals surface area contributed by atoms with Crippen LogP contribution in [0.3, 0.4) is 0 Å². The minimum absolute atomic E-state index is 0.141. The van der Waals surface area contributed by atoms with Crippen molar-refractivity contribution in [3.63, 3.8) is 0 Å². The van der Waals surface area contributed by atoms with Crippen molar-refractivity contribution in [2.45, 2.75) is 0 Å². The van der Waals surface area contributed by atoms with E-state index in [0.717, 1.165) is 5.69 Å². The summed E-state index contributed by atoms with van der Waals surface area (Å²) in [6, 6.07) is 14.5. The maximum Gasteiger partial charge on any atom is 0.200 e. The average molecular weight is 299 g/mol. The fraction of sp³-hybridized carbons (Fsp3) is 0.0667. The number of hydrogen-bond donors (Lipinski definition) is 2. The number of nitrogens with zero attached hydrogens (tertiary/aromatic N) is 2. The first-order chi connectivity index (χ1) is 10.2. The number of ether oxygens (including phenoxy) is 1. The summed E-state index contributed by atoms with van der Waals surface area (Å²) in [5, 5.41) is 17.0. The number of aromatic nitrogens is 3. The number of nitrogens with one attached hydrogen (secondary N) is 1. The summed E-state index contributed by atoms with van der Waals surface area (Å²) < 4.78 is 7.54. The van der Waals surface area contributed by atoms with Crippen LogP contribution in [-0.4, -0.2) is 27.0 Å². The average Bonchev–Trinajstić information content (AvgIpc) is 2.89. The molecule has 0 amide bonds. The van der Waals surface area contributed by atoms with Crippen molar-refractivity contribution in [3.05, 3.63) is 53.3 Å².